The summed E-state index contributed by atoms with van der Waals surface area (Å²) in [6.45, 7) is 4.58. The first-order valence-electron chi connectivity index (χ1n) is 14.8. The predicted molar refractivity (Wildman–Crippen MR) is 181 cm³/mol. The quantitative estimate of drug-likeness (QED) is 0.199. The van der Waals surface area contributed by atoms with Crippen LogP contribution >= 0.6 is 0 Å². The maximum Gasteiger partial charge on any atom is 0.161 e. The molecule has 1 aliphatic heterocycles. The third kappa shape index (κ3) is 4.42. The lowest BCUT2D eigenvalue weighted by atomic mass is 9.80. The van der Waals surface area contributed by atoms with Gasteiger partial charge in [0.15, 0.2) is 11.5 Å². The van der Waals surface area contributed by atoms with E-state index in [9.17, 15) is 5.41 Å². The van der Waals surface area contributed by atoms with Gasteiger partial charge in [0.25, 0.3) is 0 Å². The molecule has 0 fully saturated rings. The maximum atomic E-state index is 9.70. The van der Waals surface area contributed by atoms with Crippen LogP contribution in [0.15, 0.2) is 115 Å². The number of ether oxygens (including phenoxy) is 2. The fourth-order valence-electron chi connectivity index (χ4n) is 6.62. The summed E-state index contributed by atoms with van der Waals surface area (Å²) in [4.78, 5) is 0. The van der Waals surface area contributed by atoms with E-state index >= 15 is 0 Å². The summed E-state index contributed by atoms with van der Waals surface area (Å²) in [5, 5.41) is 13.5. The maximum absolute atomic E-state index is 9.70. The molecular formula is C40H34N2O2. The molecule has 0 bridgehead atoms. The van der Waals surface area contributed by atoms with E-state index in [1.54, 1.807) is 14.2 Å². The summed E-state index contributed by atoms with van der Waals surface area (Å²) in [7, 11) is 3.31. The van der Waals surface area contributed by atoms with Gasteiger partial charge in [-0.3, -0.25) is 5.41 Å². The Labute approximate surface area is 258 Å². The van der Waals surface area contributed by atoms with Crippen LogP contribution in [0.3, 0.4) is 0 Å². The Morgan fingerprint density at radius 1 is 0.636 bits per heavy atom. The normalized spacial score (nSPS) is 15.2. The first-order valence-corrected chi connectivity index (χ1v) is 14.8. The fourth-order valence-corrected chi connectivity index (χ4v) is 6.62. The van der Waals surface area contributed by atoms with Crippen LogP contribution in [0, 0.1) is 5.41 Å². The van der Waals surface area contributed by atoms with Crippen LogP contribution in [0.2, 0.25) is 0 Å². The van der Waals surface area contributed by atoms with E-state index in [4.69, 9.17) is 9.47 Å². The molecule has 2 N–H and O–H groups in total. The molecule has 0 saturated carbocycles. The average Bonchev–Trinajstić information content (AvgIpc) is 3.30. The van der Waals surface area contributed by atoms with E-state index in [2.05, 4.69) is 79.8 Å². The van der Waals surface area contributed by atoms with Gasteiger partial charge in [-0.25, -0.2) is 0 Å². The lowest BCUT2D eigenvalue weighted by molar-refractivity contribution is 0.354. The summed E-state index contributed by atoms with van der Waals surface area (Å²) in [5.41, 5.74) is 12.8. The van der Waals surface area contributed by atoms with Crippen molar-refractivity contribution in [3.63, 3.8) is 0 Å². The van der Waals surface area contributed by atoms with Gasteiger partial charge in [0.05, 0.1) is 25.6 Å². The third-order valence-electron chi connectivity index (χ3n) is 8.90. The molecule has 0 atom stereocenters. The predicted octanol–water partition coefficient (Wildman–Crippen LogP) is 9.05. The second-order valence-electron chi connectivity index (χ2n) is 11.8. The molecule has 0 amide bonds. The van der Waals surface area contributed by atoms with Crippen molar-refractivity contribution in [3.05, 3.63) is 154 Å². The van der Waals surface area contributed by atoms with Crippen molar-refractivity contribution in [2.24, 2.45) is 0 Å². The van der Waals surface area contributed by atoms with Crippen molar-refractivity contribution >= 4 is 28.8 Å². The molecule has 5 aromatic carbocycles. The Bertz CT molecular complexity index is 1990. The summed E-state index contributed by atoms with van der Waals surface area (Å²) in [6.07, 6.45) is 2.14. The monoisotopic (exact) mass is 574 g/mol. The van der Waals surface area contributed by atoms with Gasteiger partial charge < -0.3 is 14.8 Å². The molecule has 5 aromatic rings. The second kappa shape index (κ2) is 10.7. The fraction of sp³-hybridized carbons (Fsp3) is 0.125. The van der Waals surface area contributed by atoms with Crippen molar-refractivity contribution in [2.45, 2.75) is 19.3 Å². The van der Waals surface area contributed by atoms with Crippen LogP contribution < -0.4 is 14.8 Å². The topological polar surface area (TPSA) is 54.3 Å². The number of methoxy groups -OCH3 is 2. The van der Waals surface area contributed by atoms with Crippen LogP contribution in [-0.4, -0.2) is 19.9 Å². The zero-order chi connectivity index (χ0) is 30.4. The van der Waals surface area contributed by atoms with E-state index in [1.165, 1.54) is 22.3 Å². The van der Waals surface area contributed by atoms with Crippen LogP contribution in [0.5, 0.6) is 11.5 Å². The highest BCUT2D eigenvalue weighted by molar-refractivity contribution is 6.36. The van der Waals surface area contributed by atoms with E-state index in [0.717, 1.165) is 44.8 Å². The molecule has 4 heteroatoms. The molecule has 1 aliphatic carbocycles. The number of hydrogen-bond donors (Lipinski definition) is 2. The number of hydrogen-bond acceptors (Lipinski definition) is 4. The minimum Gasteiger partial charge on any atom is -0.493 e. The molecule has 0 unspecified atom stereocenters. The number of rotatable bonds is 6. The minimum absolute atomic E-state index is 0.170. The summed E-state index contributed by atoms with van der Waals surface area (Å²) < 4.78 is 11.5. The standard InChI is InChI=1S/C40H34N2O2/c1-40(2)32-18-12-11-17-29(32)30-20-19-27(21-33(30)40)37(38(41)26-15-9-6-10-16-26)39-31-24-36(44-4)35(43-3)23-28(31)22-34(42-39)25-13-7-5-8-14-25/h5-24,41-42H,1-4H3/b39-37-,41-38?. The Morgan fingerprint density at radius 2 is 1.27 bits per heavy atom. The number of allylic oxidation sites excluding steroid dienone is 1. The van der Waals surface area contributed by atoms with Gasteiger partial charge in [-0.1, -0.05) is 111 Å². The Hall–Kier alpha value is -5.35. The van der Waals surface area contributed by atoms with Crippen molar-refractivity contribution in [2.75, 3.05) is 14.2 Å². The Morgan fingerprint density at radius 3 is 2.00 bits per heavy atom. The molecule has 0 aromatic heterocycles. The number of fused-ring (bicyclic) bond motifs is 4. The lowest BCUT2D eigenvalue weighted by Crippen LogP contribution is -2.21. The summed E-state index contributed by atoms with van der Waals surface area (Å²) in [5.74, 6) is 1.30. The Balaban J connectivity index is 1.52. The SMILES string of the molecule is COc1cc2c(cc1OC)/C(=C(/C(=N)c1ccccc1)c1ccc3c(c1)C(C)(C)c1ccccc1-3)NC(c1ccccc1)=C2. The first kappa shape index (κ1) is 27.5. The van der Waals surface area contributed by atoms with Crippen LogP contribution in [0.1, 0.15) is 52.8 Å². The zero-order valence-corrected chi connectivity index (χ0v) is 25.4. The molecule has 1 heterocycles. The van der Waals surface area contributed by atoms with Gasteiger partial charge >= 0.3 is 0 Å². The molecule has 2 aliphatic rings. The van der Waals surface area contributed by atoms with Crippen molar-refractivity contribution < 1.29 is 9.47 Å². The molecule has 0 radical (unpaired) electrons. The van der Waals surface area contributed by atoms with Crippen LogP contribution in [0.25, 0.3) is 34.2 Å². The molecular weight excluding hydrogens is 540 g/mol. The van der Waals surface area contributed by atoms with Gasteiger partial charge in [-0.05, 0) is 63.2 Å². The molecule has 0 saturated heterocycles. The van der Waals surface area contributed by atoms with Gasteiger partial charge in [0.1, 0.15) is 0 Å². The van der Waals surface area contributed by atoms with E-state index in [-0.39, 0.29) is 5.41 Å². The highest BCUT2D eigenvalue weighted by Crippen LogP contribution is 2.50. The second-order valence-corrected chi connectivity index (χ2v) is 11.8. The third-order valence-corrected chi connectivity index (χ3v) is 8.90. The van der Waals surface area contributed by atoms with Crippen molar-refractivity contribution in [3.8, 4) is 22.6 Å². The van der Waals surface area contributed by atoms with Crippen LogP contribution in [0.4, 0.5) is 0 Å². The lowest BCUT2D eigenvalue weighted by Gasteiger charge is -2.28. The van der Waals surface area contributed by atoms with E-state index in [1.807, 2.05) is 60.7 Å². The molecule has 4 nitrogen and oxygen atoms in total. The van der Waals surface area contributed by atoms with Gasteiger partial charge in [-0.2, -0.15) is 0 Å². The smallest absolute Gasteiger partial charge is 0.161 e. The number of nitrogens with one attached hydrogen (secondary N) is 2. The Kier molecular flexibility index (Phi) is 6.70. The first-order chi connectivity index (χ1) is 21.4. The number of benzene rings is 5. The van der Waals surface area contributed by atoms with E-state index in [0.29, 0.717) is 17.2 Å². The highest BCUT2D eigenvalue weighted by atomic mass is 16.5. The molecule has 7 rings (SSSR count). The van der Waals surface area contributed by atoms with Gasteiger partial charge in [-0.15, -0.1) is 0 Å². The molecule has 44 heavy (non-hydrogen) atoms. The molecule has 216 valence electrons. The van der Waals surface area contributed by atoms with Crippen molar-refractivity contribution in [1.29, 1.82) is 5.41 Å². The summed E-state index contributed by atoms with van der Waals surface area (Å²) >= 11 is 0. The van der Waals surface area contributed by atoms with Gasteiger partial charge in [0.2, 0.25) is 0 Å². The largest absolute Gasteiger partial charge is 0.493 e. The zero-order valence-electron chi connectivity index (χ0n) is 25.4. The van der Waals surface area contributed by atoms with Crippen LogP contribution in [-0.2, 0) is 5.41 Å². The van der Waals surface area contributed by atoms with Crippen molar-refractivity contribution in [1.82, 2.24) is 5.32 Å². The highest BCUT2D eigenvalue weighted by Gasteiger charge is 2.36. The molecule has 0 spiro atoms. The summed E-state index contributed by atoms with van der Waals surface area (Å²) in [6, 6.07) is 39.6. The minimum atomic E-state index is -0.170. The average molecular weight is 575 g/mol. The van der Waals surface area contributed by atoms with E-state index < -0.39 is 0 Å². The van der Waals surface area contributed by atoms with Gasteiger partial charge in [0, 0.05) is 27.8 Å².